The molecule has 1 fully saturated rings. The molecule has 0 saturated heterocycles. The highest BCUT2D eigenvalue weighted by Gasteiger charge is 2.56. The minimum atomic E-state index is -0.857. The number of carbonyl (C=O) groups is 2. The summed E-state index contributed by atoms with van der Waals surface area (Å²) < 4.78 is 0. The van der Waals surface area contributed by atoms with Gasteiger partial charge in [-0.05, 0) is 49.7 Å². The van der Waals surface area contributed by atoms with E-state index in [0.717, 1.165) is 29.7 Å². The Kier molecular flexibility index (Phi) is 5.45. The van der Waals surface area contributed by atoms with Gasteiger partial charge in [-0.3, -0.25) is 9.59 Å². The summed E-state index contributed by atoms with van der Waals surface area (Å²) in [5, 5.41) is 5.94. The second kappa shape index (κ2) is 7.16. The van der Waals surface area contributed by atoms with Crippen LogP contribution in [-0.4, -0.2) is 18.4 Å². The summed E-state index contributed by atoms with van der Waals surface area (Å²) >= 11 is 0. The molecule has 0 aromatic heterocycles. The van der Waals surface area contributed by atoms with Crippen molar-refractivity contribution < 1.29 is 9.59 Å². The van der Waals surface area contributed by atoms with Crippen LogP contribution in [0.1, 0.15) is 51.2 Å². The van der Waals surface area contributed by atoms with Gasteiger partial charge in [-0.2, -0.15) is 0 Å². The van der Waals surface area contributed by atoms with Gasteiger partial charge in [-0.25, -0.2) is 0 Å². The number of carbonyl (C=O) groups excluding carboxylic acids is 2. The summed E-state index contributed by atoms with van der Waals surface area (Å²) in [5.74, 6) is 0.254. The summed E-state index contributed by atoms with van der Waals surface area (Å²) in [6.45, 7) is 8.93. The molecule has 2 rings (SSSR count). The molecule has 1 saturated carbocycles. The third-order valence-electron chi connectivity index (χ3n) is 4.61. The number of nitrogens with one attached hydrogen (secondary N) is 2. The van der Waals surface area contributed by atoms with E-state index in [-0.39, 0.29) is 11.8 Å². The van der Waals surface area contributed by atoms with Crippen molar-refractivity contribution in [2.24, 2.45) is 11.3 Å². The molecule has 0 aliphatic heterocycles. The lowest BCUT2D eigenvalue weighted by Crippen LogP contribution is -2.40. The van der Waals surface area contributed by atoms with E-state index in [1.54, 1.807) is 0 Å². The Hall–Kier alpha value is -1.84. The van der Waals surface area contributed by atoms with Crippen LogP contribution in [0.2, 0.25) is 0 Å². The molecule has 2 N–H and O–H groups in total. The Balaban J connectivity index is 2.04. The Morgan fingerprint density at radius 3 is 2.48 bits per heavy atom. The molecule has 0 radical (unpaired) electrons. The Labute approximate surface area is 139 Å². The molecule has 1 aromatic rings. The molecule has 23 heavy (non-hydrogen) atoms. The lowest BCUT2D eigenvalue weighted by molar-refractivity contribution is -0.134. The topological polar surface area (TPSA) is 58.2 Å². The molecule has 1 aromatic carbocycles. The van der Waals surface area contributed by atoms with E-state index < -0.39 is 5.41 Å². The van der Waals surface area contributed by atoms with E-state index >= 15 is 0 Å². The fraction of sp³-hybridized carbons (Fsp3) is 0.579. The maximum atomic E-state index is 12.7. The third kappa shape index (κ3) is 3.92. The number of benzene rings is 1. The van der Waals surface area contributed by atoms with Crippen molar-refractivity contribution in [3.8, 4) is 0 Å². The molecule has 0 heterocycles. The minimum Gasteiger partial charge on any atom is -0.355 e. The van der Waals surface area contributed by atoms with E-state index in [1.165, 1.54) is 0 Å². The van der Waals surface area contributed by atoms with Crippen molar-refractivity contribution in [2.75, 3.05) is 11.9 Å². The number of amides is 2. The predicted octanol–water partition coefficient (Wildman–Crippen LogP) is 3.44. The van der Waals surface area contributed by atoms with Gasteiger partial charge < -0.3 is 10.6 Å². The quantitative estimate of drug-likeness (QED) is 0.757. The van der Waals surface area contributed by atoms with Gasteiger partial charge in [0, 0.05) is 12.2 Å². The monoisotopic (exact) mass is 316 g/mol. The van der Waals surface area contributed by atoms with Gasteiger partial charge >= 0.3 is 0 Å². The highest BCUT2D eigenvalue weighted by molar-refractivity contribution is 6.13. The van der Waals surface area contributed by atoms with Crippen LogP contribution in [0.25, 0.3) is 0 Å². The molecule has 0 atom stereocenters. The van der Waals surface area contributed by atoms with Crippen molar-refractivity contribution in [1.82, 2.24) is 5.32 Å². The largest absolute Gasteiger partial charge is 0.355 e. The number of para-hydroxylation sites is 1. The zero-order chi connectivity index (χ0) is 17.0. The summed E-state index contributed by atoms with van der Waals surface area (Å²) in [6, 6.07) is 6.00. The fourth-order valence-corrected chi connectivity index (χ4v) is 2.76. The number of anilines is 1. The Morgan fingerprint density at radius 1 is 1.22 bits per heavy atom. The zero-order valence-corrected chi connectivity index (χ0v) is 14.7. The van der Waals surface area contributed by atoms with Crippen molar-refractivity contribution in [3.05, 3.63) is 29.3 Å². The molecule has 2 amide bonds. The maximum Gasteiger partial charge on any atom is 0.240 e. The lowest BCUT2D eigenvalue weighted by Gasteiger charge is -2.18. The number of hydrogen-bond acceptors (Lipinski definition) is 2. The zero-order valence-electron chi connectivity index (χ0n) is 14.7. The first-order valence-electron chi connectivity index (χ1n) is 8.59. The average Bonchev–Trinajstić information content (AvgIpc) is 3.30. The van der Waals surface area contributed by atoms with Gasteiger partial charge in [0.2, 0.25) is 11.8 Å². The lowest BCUT2D eigenvalue weighted by atomic mass is 10.0. The molecule has 4 nitrogen and oxygen atoms in total. The molecule has 1 aliphatic carbocycles. The highest BCUT2D eigenvalue weighted by atomic mass is 16.2. The molecule has 0 unspecified atom stereocenters. The molecular weight excluding hydrogens is 288 g/mol. The standard InChI is InChI=1S/C19H28N2O2/c1-5-15-8-6-7-14(4)16(15)21-18(23)19(10-11-19)17(22)20-12-9-13(2)3/h6-8,13H,5,9-12H2,1-4H3,(H,20,22)(H,21,23). The SMILES string of the molecule is CCc1cccc(C)c1NC(=O)C1(C(=O)NCCC(C)C)CC1. The molecule has 126 valence electrons. The molecule has 0 spiro atoms. The van der Waals surface area contributed by atoms with E-state index in [1.807, 2.05) is 25.1 Å². The van der Waals surface area contributed by atoms with Gasteiger partial charge in [0.05, 0.1) is 0 Å². The summed E-state index contributed by atoms with van der Waals surface area (Å²) in [4.78, 5) is 25.1. The fourth-order valence-electron chi connectivity index (χ4n) is 2.76. The van der Waals surface area contributed by atoms with E-state index in [9.17, 15) is 9.59 Å². The van der Waals surface area contributed by atoms with Crippen LogP contribution in [-0.2, 0) is 16.0 Å². The van der Waals surface area contributed by atoms with Gasteiger partial charge in [0.1, 0.15) is 5.41 Å². The first kappa shape index (κ1) is 17.5. The molecule has 4 heteroatoms. The third-order valence-corrected chi connectivity index (χ3v) is 4.61. The van der Waals surface area contributed by atoms with Crippen LogP contribution < -0.4 is 10.6 Å². The minimum absolute atomic E-state index is 0.123. The first-order chi connectivity index (χ1) is 10.9. The van der Waals surface area contributed by atoms with Crippen LogP contribution in [0, 0.1) is 18.3 Å². The van der Waals surface area contributed by atoms with Gasteiger partial charge in [-0.15, -0.1) is 0 Å². The Bertz CT molecular complexity index is 589. The van der Waals surface area contributed by atoms with Crippen molar-refractivity contribution >= 4 is 17.5 Å². The molecule has 1 aliphatic rings. The van der Waals surface area contributed by atoms with Crippen molar-refractivity contribution in [3.63, 3.8) is 0 Å². The maximum absolute atomic E-state index is 12.7. The van der Waals surface area contributed by atoms with Crippen molar-refractivity contribution in [1.29, 1.82) is 0 Å². The van der Waals surface area contributed by atoms with Gasteiger partial charge in [-0.1, -0.05) is 39.0 Å². The summed E-state index contributed by atoms with van der Waals surface area (Å²) in [6.07, 6.45) is 3.06. The van der Waals surface area contributed by atoms with Crippen molar-refractivity contribution in [2.45, 2.75) is 53.4 Å². The first-order valence-corrected chi connectivity index (χ1v) is 8.59. The van der Waals surface area contributed by atoms with E-state index in [0.29, 0.717) is 25.3 Å². The van der Waals surface area contributed by atoms with Crippen LogP contribution in [0.5, 0.6) is 0 Å². The smallest absolute Gasteiger partial charge is 0.240 e. The van der Waals surface area contributed by atoms with Gasteiger partial charge in [0.25, 0.3) is 0 Å². The summed E-state index contributed by atoms with van der Waals surface area (Å²) in [7, 11) is 0. The molecular formula is C19H28N2O2. The molecule has 0 bridgehead atoms. The van der Waals surface area contributed by atoms with Gasteiger partial charge in [0.15, 0.2) is 0 Å². The number of rotatable bonds is 7. The van der Waals surface area contributed by atoms with E-state index in [4.69, 9.17) is 0 Å². The van der Waals surface area contributed by atoms with Crippen LogP contribution in [0.4, 0.5) is 5.69 Å². The van der Waals surface area contributed by atoms with E-state index in [2.05, 4.69) is 31.4 Å². The van der Waals surface area contributed by atoms with Crippen LogP contribution in [0.3, 0.4) is 0 Å². The number of aryl methyl sites for hydroxylation is 2. The van der Waals surface area contributed by atoms with Crippen LogP contribution >= 0.6 is 0 Å². The second-order valence-corrected chi connectivity index (χ2v) is 6.94. The second-order valence-electron chi connectivity index (χ2n) is 6.94. The Morgan fingerprint density at radius 2 is 1.91 bits per heavy atom. The highest BCUT2D eigenvalue weighted by Crippen LogP contribution is 2.47. The van der Waals surface area contributed by atoms with Crippen LogP contribution in [0.15, 0.2) is 18.2 Å². The summed E-state index contributed by atoms with van der Waals surface area (Å²) in [5.41, 5.74) is 2.15. The normalized spacial score (nSPS) is 15.3. The predicted molar refractivity (Wildman–Crippen MR) is 93.3 cm³/mol. The number of hydrogen-bond donors (Lipinski definition) is 2. The average molecular weight is 316 g/mol.